The van der Waals surface area contributed by atoms with Crippen LogP contribution in [0.5, 0.6) is 11.5 Å². The normalized spacial score (nSPS) is 22.5. The van der Waals surface area contributed by atoms with Crippen molar-refractivity contribution in [2.45, 2.75) is 49.5 Å². The Bertz CT molecular complexity index is 3140. The number of urea groups is 1. The summed E-state index contributed by atoms with van der Waals surface area (Å²) >= 11 is 0. The van der Waals surface area contributed by atoms with Gasteiger partial charge < -0.3 is 39.6 Å². The van der Waals surface area contributed by atoms with E-state index in [1.54, 1.807) is 75.6 Å². The first-order valence-electron chi connectivity index (χ1n) is 24.6. The Kier molecular flexibility index (Phi) is 13.7. The Balaban J connectivity index is 1.24. The number of imide groups is 1. The highest BCUT2D eigenvalue weighted by Crippen LogP contribution is 2.66. The standard InChI is InChI=1S/C59H55N5O10/c1-36(2)49(55(67)72-4)61-58(70)63-47-30-19-38(16-15-37-17-28-45(71-3)29-18-37)35-46(47)59(57(63)69)48(54(66)60-42-22-24-43(25-23-42)62-31-33-73-34-32-62)51-56(68)74-52(40-13-9-6-10-14-40)50(39-11-7-5-8-12-39)64(51)53(59)41-20-26-44(65)27-21-41/h5-14,17-30,35-36,48-53,65H,31-34H2,1-4H3,(H,60,66)(H,61,70). The molecule has 4 amide bonds. The molecular formula is C59H55N5O10. The summed E-state index contributed by atoms with van der Waals surface area (Å²) in [4.78, 5) is 81.8. The Morgan fingerprint density at radius 2 is 1.38 bits per heavy atom. The van der Waals surface area contributed by atoms with Gasteiger partial charge in [0.2, 0.25) is 11.8 Å². The third kappa shape index (κ3) is 8.86. The number of methoxy groups -OCH3 is 2. The lowest BCUT2D eigenvalue weighted by Crippen LogP contribution is -2.57. The molecule has 74 heavy (non-hydrogen) atoms. The molecule has 4 aliphatic rings. The van der Waals surface area contributed by atoms with Crippen molar-refractivity contribution in [3.05, 3.63) is 185 Å². The van der Waals surface area contributed by atoms with Crippen LogP contribution in [0, 0.1) is 23.7 Å². The zero-order valence-electron chi connectivity index (χ0n) is 41.3. The number of nitrogens with zero attached hydrogens (tertiary/aromatic N) is 3. The predicted octanol–water partition coefficient (Wildman–Crippen LogP) is 7.85. The SMILES string of the molecule is COC(=O)C(NC(=O)N1C(=O)C2(c3cc(C#Cc4ccc(OC)cc4)ccc31)C(C(=O)Nc1ccc(N3CCOCC3)cc1)C1C(=O)OC(c3ccccc3)C(c3ccccc3)N1C2c1ccc(O)cc1)C(C)C. The molecule has 0 aromatic heterocycles. The summed E-state index contributed by atoms with van der Waals surface area (Å²) in [6, 6.07) is 38.9. The second kappa shape index (κ2) is 20.6. The van der Waals surface area contributed by atoms with Gasteiger partial charge in [-0.15, -0.1) is 0 Å². The van der Waals surface area contributed by atoms with Crippen molar-refractivity contribution in [1.82, 2.24) is 10.2 Å². The van der Waals surface area contributed by atoms with Gasteiger partial charge in [-0.1, -0.05) is 98.5 Å². The smallest absolute Gasteiger partial charge is 0.329 e. The van der Waals surface area contributed by atoms with Crippen LogP contribution in [-0.2, 0) is 38.8 Å². The number of amides is 4. The summed E-state index contributed by atoms with van der Waals surface area (Å²) in [5.41, 5.74) is 2.44. The van der Waals surface area contributed by atoms with Crippen molar-refractivity contribution >= 4 is 46.8 Å². The van der Waals surface area contributed by atoms with Crippen molar-refractivity contribution in [3.63, 3.8) is 0 Å². The summed E-state index contributed by atoms with van der Waals surface area (Å²) in [6.07, 6.45) is -0.961. The molecule has 3 N–H and O–H groups in total. The third-order valence-corrected chi connectivity index (χ3v) is 14.5. The van der Waals surface area contributed by atoms with Crippen LogP contribution in [0.2, 0.25) is 0 Å². The molecule has 15 nitrogen and oxygen atoms in total. The van der Waals surface area contributed by atoms with Crippen LogP contribution >= 0.6 is 0 Å². The van der Waals surface area contributed by atoms with Gasteiger partial charge in [-0.2, -0.15) is 0 Å². The number of hydrogen-bond acceptors (Lipinski definition) is 12. The number of phenolic OH excluding ortho intramolecular Hbond substituents is 1. The maximum atomic E-state index is 16.7. The average molecular weight is 994 g/mol. The summed E-state index contributed by atoms with van der Waals surface area (Å²) in [5.74, 6) is 1.90. The summed E-state index contributed by atoms with van der Waals surface area (Å²) in [7, 11) is 2.79. The molecule has 4 heterocycles. The number of rotatable bonds is 10. The van der Waals surface area contributed by atoms with Crippen LogP contribution in [0.25, 0.3) is 0 Å². The van der Waals surface area contributed by atoms with Gasteiger partial charge in [-0.25, -0.2) is 14.5 Å². The molecule has 7 atom stereocenters. The fraction of sp³-hybridized carbons (Fsp3) is 0.271. The highest BCUT2D eigenvalue weighted by molar-refractivity contribution is 6.25. The van der Waals surface area contributed by atoms with Gasteiger partial charge >= 0.3 is 18.0 Å². The van der Waals surface area contributed by atoms with Crippen molar-refractivity contribution < 1.29 is 48.0 Å². The summed E-state index contributed by atoms with van der Waals surface area (Å²) < 4.78 is 22.7. The van der Waals surface area contributed by atoms with Gasteiger partial charge in [-0.3, -0.25) is 19.3 Å². The minimum atomic E-state index is -2.14. The first-order valence-corrected chi connectivity index (χ1v) is 24.6. The second-order valence-corrected chi connectivity index (χ2v) is 19.0. The first kappa shape index (κ1) is 49.1. The number of ether oxygens (including phenoxy) is 4. The number of benzene rings is 6. The molecule has 3 saturated heterocycles. The fourth-order valence-electron chi connectivity index (χ4n) is 11.1. The monoisotopic (exact) mass is 993 g/mol. The molecule has 376 valence electrons. The van der Waals surface area contributed by atoms with Crippen LogP contribution in [0.1, 0.15) is 65.4 Å². The summed E-state index contributed by atoms with van der Waals surface area (Å²) in [6.45, 7) is 6.01. The molecule has 7 unspecified atom stereocenters. The van der Waals surface area contributed by atoms with Crippen molar-refractivity contribution in [2.75, 3.05) is 55.6 Å². The average Bonchev–Trinajstić information content (AvgIpc) is 3.96. The maximum Gasteiger partial charge on any atom is 0.329 e. The van der Waals surface area contributed by atoms with E-state index in [0.29, 0.717) is 60.0 Å². The van der Waals surface area contributed by atoms with Crippen LogP contribution < -0.4 is 25.2 Å². The number of esters is 2. The number of aromatic hydroxyl groups is 1. The lowest BCUT2D eigenvalue weighted by atomic mass is 9.65. The fourth-order valence-corrected chi connectivity index (χ4v) is 11.1. The lowest BCUT2D eigenvalue weighted by Gasteiger charge is -2.46. The van der Waals surface area contributed by atoms with Gasteiger partial charge in [0.25, 0.3) is 0 Å². The van der Waals surface area contributed by atoms with Gasteiger partial charge in [0.15, 0.2) is 0 Å². The lowest BCUT2D eigenvalue weighted by molar-refractivity contribution is -0.177. The van der Waals surface area contributed by atoms with E-state index >= 15 is 19.2 Å². The number of carbonyl (C=O) groups is 5. The molecule has 4 aliphatic heterocycles. The second-order valence-electron chi connectivity index (χ2n) is 19.0. The molecule has 10 rings (SSSR count). The largest absolute Gasteiger partial charge is 0.508 e. The highest BCUT2D eigenvalue weighted by Gasteiger charge is 2.75. The Morgan fingerprint density at radius 1 is 0.743 bits per heavy atom. The summed E-state index contributed by atoms with van der Waals surface area (Å²) in [5, 5.41) is 16.7. The van der Waals surface area contributed by atoms with E-state index in [0.717, 1.165) is 16.2 Å². The Labute approximate surface area is 429 Å². The number of phenols is 1. The number of anilines is 3. The van der Waals surface area contributed by atoms with Crippen LogP contribution in [0.3, 0.4) is 0 Å². The predicted molar refractivity (Wildman–Crippen MR) is 276 cm³/mol. The molecule has 15 heteroatoms. The maximum absolute atomic E-state index is 16.7. The number of morpholine rings is 2. The van der Waals surface area contributed by atoms with Gasteiger partial charge in [-0.05, 0) is 107 Å². The number of cyclic esters (lactones) is 1. The number of carbonyl (C=O) groups excluding carboxylic acids is 5. The number of nitrogens with one attached hydrogen (secondary N) is 2. The van der Waals surface area contributed by atoms with E-state index in [2.05, 4.69) is 27.4 Å². The minimum Gasteiger partial charge on any atom is -0.508 e. The van der Waals surface area contributed by atoms with Gasteiger partial charge in [0.05, 0.1) is 51.1 Å². The number of hydrogen-bond donors (Lipinski definition) is 3. The zero-order valence-corrected chi connectivity index (χ0v) is 41.3. The topological polar surface area (TPSA) is 176 Å². The van der Waals surface area contributed by atoms with Crippen LogP contribution in [-0.4, -0.2) is 92.4 Å². The molecule has 3 fully saturated rings. The molecule has 0 saturated carbocycles. The van der Waals surface area contributed by atoms with Crippen molar-refractivity contribution in [3.8, 4) is 23.3 Å². The first-order chi connectivity index (χ1) is 35.9. The Hall–Kier alpha value is -8.45. The number of fused-ring (bicyclic) bond motifs is 3. The van der Waals surface area contributed by atoms with Crippen molar-refractivity contribution in [1.29, 1.82) is 0 Å². The molecular weight excluding hydrogens is 939 g/mol. The minimum absolute atomic E-state index is 0.0650. The van der Waals surface area contributed by atoms with E-state index < -0.39 is 77.3 Å². The molecule has 0 aliphatic carbocycles. The van der Waals surface area contributed by atoms with Crippen LogP contribution in [0.4, 0.5) is 21.9 Å². The highest BCUT2D eigenvalue weighted by atomic mass is 16.6. The van der Waals surface area contributed by atoms with E-state index in [-0.39, 0.29) is 17.0 Å². The van der Waals surface area contributed by atoms with E-state index in [9.17, 15) is 9.90 Å². The van der Waals surface area contributed by atoms with E-state index in [1.807, 2.05) is 89.8 Å². The molecule has 6 aromatic carbocycles. The Morgan fingerprint density at radius 3 is 2.01 bits per heavy atom. The van der Waals surface area contributed by atoms with E-state index in [4.69, 9.17) is 18.9 Å². The van der Waals surface area contributed by atoms with E-state index in [1.165, 1.54) is 19.2 Å². The van der Waals surface area contributed by atoms with Gasteiger partial charge in [0, 0.05) is 35.6 Å². The molecule has 1 spiro atoms. The van der Waals surface area contributed by atoms with Crippen molar-refractivity contribution in [2.24, 2.45) is 11.8 Å². The van der Waals surface area contributed by atoms with Gasteiger partial charge in [0.1, 0.15) is 35.1 Å². The molecule has 0 bridgehead atoms. The third-order valence-electron chi connectivity index (χ3n) is 14.5. The molecule has 6 aromatic rings. The zero-order chi connectivity index (χ0) is 51.7. The molecule has 0 radical (unpaired) electrons. The van der Waals surface area contributed by atoms with Crippen LogP contribution in [0.15, 0.2) is 152 Å². The quantitative estimate of drug-likeness (QED) is 0.0897.